The Balaban J connectivity index is 1.82. The number of pyridine rings is 1. The quantitative estimate of drug-likeness (QED) is 0.814. The van der Waals surface area contributed by atoms with Crippen molar-refractivity contribution in [3.8, 4) is 5.75 Å². The van der Waals surface area contributed by atoms with Gasteiger partial charge in [-0.2, -0.15) is 0 Å². The van der Waals surface area contributed by atoms with E-state index in [1.165, 1.54) is 16.2 Å². The number of aromatic nitrogens is 1. The average molecular weight is 258 g/mol. The van der Waals surface area contributed by atoms with Crippen LogP contribution in [0.15, 0.2) is 48.7 Å². The highest BCUT2D eigenvalue weighted by Gasteiger charge is 2.07. The molecule has 1 aromatic heterocycles. The van der Waals surface area contributed by atoms with Crippen molar-refractivity contribution in [2.45, 2.75) is 13.0 Å². The molecule has 0 fully saturated rings. The molecule has 0 aliphatic rings. The van der Waals surface area contributed by atoms with Gasteiger partial charge in [0.25, 0.3) is 0 Å². The molecule has 1 heterocycles. The number of methoxy groups -OCH3 is 1. The number of nitrogens with one attached hydrogen (secondary N) is 2. The number of likely N-dealkylation sites (N-methyl/N-ethyl adjacent to an activating group) is 1. The second kappa shape index (κ2) is 6.90. The minimum atomic E-state index is 0.917. The SMILES string of the molecule is COc1ccc(C[NH+](C)CCc2cccc[nH+]2)cc1. The molecular formula is C16H22N2O+2. The normalized spacial score (nSPS) is 12.1. The molecule has 0 radical (unpaired) electrons. The Bertz CT molecular complexity index is 482. The van der Waals surface area contributed by atoms with Gasteiger partial charge in [0.1, 0.15) is 12.3 Å². The number of rotatable bonds is 6. The van der Waals surface area contributed by atoms with E-state index in [4.69, 9.17) is 4.74 Å². The Kier molecular flexibility index (Phi) is 4.93. The summed E-state index contributed by atoms with van der Waals surface area (Å²) in [5.74, 6) is 0.917. The molecule has 0 saturated carbocycles. The van der Waals surface area contributed by atoms with Crippen LogP contribution in [-0.4, -0.2) is 20.7 Å². The van der Waals surface area contributed by atoms with Crippen LogP contribution in [0.25, 0.3) is 0 Å². The summed E-state index contributed by atoms with van der Waals surface area (Å²) in [7, 11) is 3.93. The molecule has 19 heavy (non-hydrogen) atoms. The van der Waals surface area contributed by atoms with E-state index in [2.05, 4.69) is 36.3 Å². The van der Waals surface area contributed by atoms with E-state index >= 15 is 0 Å². The molecule has 0 saturated heterocycles. The minimum Gasteiger partial charge on any atom is -0.497 e. The summed E-state index contributed by atoms with van der Waals surface area (Å²) in [5, 5.41) is 0. The number of H-pyrrole nitrogens is 1. The summed E-state index contributed by atoms with van der Waals surface area (Å²) in [6.07, 6.45) is 3.05. The molecule has 0 aliphatic heterocycles. The first-order chi connectivity index (χ1) is 9.28. The van der Waals surface area contributed by atoms with Crippen molar-refractivity contribution in [2.24, 2.45) is 0 Å². The third-order valence-corrected chi connectivity index (χ3v) is 3.26. The monoisotopic (exact) mass is 258 g/mol. The zero-order chi connectivity index (χ0) is 13.5. The Labute approximate surface area is 114 Å². The molecule has 3 nitrogen and oxygen atoms in total. The van der Waals surface area contributed by atoms with Gasteiger partial charge in [0.2, 0.25) is 0 Å². The molecule has 2 N–H and O–H groups in total. The van der Waals surface area contributed by atoms with Crippen LogP contribution < -0.4 is 14.6 Å². The van der Waals surface area contributed by atoms with Crippen LogP contribution in [0, 0.1) is 0 Å². The fourth-order valence-corrected chi connectivity index (χ4v) is 2.11. The summed E-state index contributed by atoms with van der Waals surface area (Å²) in [6, 6.07) is 14.5. The number of quaternary nitrogens is 1. The molecule has 1 atom stereocenters. The van der Waals surface area contributed by atoms with E-state index in [9.17, 15) is 0 Å². The summed E-state index contributed by atoms with van der Waals surface area (Å²) in [4.78, 5) is 4.78. The van der Waals surface area contributed by atoms with Gasteiger partial charge in [-0.05, 0) is 24.3 Å². The van der Waals surface area contributed by atoms with Crippen molar-refractivity contribution in [1.29, 1.82) is 0 Å². The summed E-state index contributed by atoms with van der Waals surface area (Å²) in [6.45, 7) is 2.16. The van der Waals surface area contributed by atoms with Crippen molar-refractivity contribution in [3.63, 3.8) is 0 Å². The van der Waals surface area contributed by atoms with Crippen molar-refractivity contribution >= 4 is 0 Å². The van der Waals surface area contributed by atoms with E-state index < -0.39 is 0 Å². The largest absolute Gasteiger partial charge is 0.497 e. The van der Waals surface area contributed by atoms with E-state index in [0.717, 1.165) is 25.3 Å². The standard InChI is InChI=1S/C16H20N2O/c1-18(12-10-15-5-3-4-11-17-15)13-14-6-8-16(19-2)9-7-14/h3-9,11H,10,12-13H2,1-2H3/p+2. The molecule has 1 unspecified atom stereocenters. The predicted octanol–water partition coefficient (Wildman–Crippen LogP) is 0.767. The smallest absolute Gasteiger partial charge is 0.185 e. The Morgan fingerprint density at radius 1 is 1.11 bits per heavy atom. The van der Waals surface area contributed by atoms with Gasteiger partial charge in [-0.3, -0.25) is 0 Å². The van der Waals surface area contributed by atoms with Crippen LogP contribution in [0.5, 0.6) is 5.75 Å². The van der Waals surface area contributed by atoms with Crippen LogP contribution in [-0.2, 0) is 13.0 Å². The lowest BCUT2D eigenvalue weighted by atomic mass is 10.2. The van der Waals surface area contributed by atoms with E-state index in [1.54, 1.807) is 7.11 Å². The summed E-state index contributed by atoms with van der Waals surface area (Å²) >= 11 is 0. The van der Waals surface area contributed by atoms with Crippen LogP contribution in [0.1, 0.15) is 11.3 Å². The van der Waals surface area contributed by atoms with Crippen LogP contribution in [0.3, 0.4) is 0 Å². The van der Waals surface area contributed by atoms with Crippen molar-refractivity contribution in [3.05, 3.63) is 59.9 Å². The van der Waals surface area contributed by atoms with E-state index in [-0.39, 0.29) is 0 Å². The fraction of sp³-hybridized carbons (Fsp3) is 0.312. The predicted molar refractivity (Wildman–Crippen MR) is 75.2 cm³/mol. The molecule has 2 aromatic rings. The summed E-state index contributed by atoms with van der Waals surface area (Å²) < 4.78 is 5.17. The third kappa shape index (κ3) is 4.38. The Hall–Kier alpha value is -1.87. The van der Waals surface area contributed by atoms with Gasteiger partial charge in [-0.15, -0.1) is 0 Å². The maximum absolute atomic E-state index is 5.17. The molecule has 1 aromatic carbocycles. The molecule has 3 heteroatoms. The highest BCUT2D eigenvalue weighted by Crippen LogP contribution is 2.10. The minimum absolute atomic E-state index is 0.917. The lowest BCUT2D eigenvalue weighted by molar-refractivity contribution is -0.893. The molecule has 0 amide bonds. The number of hydrogen-bond donors (Lipinski definition) is 1. The number of hydrogen-bond acceptors (Lipinski definition) is 1. The maximum atomic E-state index is 5.17. The molecule has 0 bridgehead atoms. The highest BCUT2D eigenvalue weighted by molar-refractivity contribution is 5.26. The van der Waals surface area contributed by atoms with Crippen molar-refractivity contribution < 1.29 is 14.6 Å². The van der Waals surface area contributed by atoms with Crippen molar-refractivity contribution in [2.75, 3.05) is 20.7 Å². The number of benzene rings is 1. The van der Waals surface area contributed by atoms with E-state index in [0.29, 0.717) is 0 Å². The first kappa shape index (κ1) is 13.6. The number of aromatic amines is 1. The number of ether oxygens (including phenoxy) is 1. The maximum Gasteiger partial charge on any atom is 0.185 e. The van der Waals surface area contributed by atoms with Gasteiger partial charge in [0, 0.05) is 17.7 Å². The van der Waals surface area contributed by atoms with Gasteiger partial charge in [0.05, 0.1) is 27.1 Å². The molecule has 2 rings (SSSR count). The lowest BCUT2D eigenvalue weighted by Crippen LogP contribution is -3.07. The topological polar surface area (TPSA) is 27.8 Å². The molecule has 0 spiro atoms. The molecular weight excluding hydrogens is 236 g/mol. The van der Waals surface area contributed by atoms with Gasteiger partial charge in [0.15, 0.2) is 11.9 Å². The first-order valence-corrected chi connectivity index (χ1v) is 6.68. The second-order valence-corrected chi connectivity index (χ2v) is 4.87. The first-order valence-electron chi connectivity index (χ1n) is 6.68. The fourth-order valence-electron chi connectivity index (χ4n) is 2.11. The zero-order valence-corrected chi connectivity index (χ0v) is 11.6. The summed E-state index contributed by atoms with van der Waals surface area (Å²) in [5.41, 5.74) is 2.63. The third-order valence-electron chi connectivity index (χ3n) is 3.26. The van der Waals surface area contributed by atoms with Gasteiger partial charge in [-0.1, -0.05) is 6.07 Å². The molecule has 0 aliphatic carbocycles. The van der Waals surface area contributed by atoms with Gasteiger partial charge < -0.3 is 9.64 Å². The van der Waals surface area contributed by atoms with Crippen LogP contribution in [0.2, 0.25) is 0 Å². The Morgan fingerprint density at radius 2 is 1.89 bits per heavy atom. The Morgan fingerprint density at radius 3 is 2.53 bits per heavy atom. The second-order valence-electron chi connectivity index (χ2n) is 4.87. The highest BCUT2D eigenvalue weighted by atomic mass is 16.5. The average Bonchev–Trinajstić information content (AvgIpc) is 2.47. The van der Waals surface area contributed by atoms with Crippen LogP contribution >= 0.6 is 0 Å². The van der Waals surface area contributed by atoms with Crippen LogP contribution in [0.4, 0.5) is 0 Å². The van der Waals surface area contributed by atoms with Crippen molar-refractivity contribution in [1.82, 2.24) is 0 Å². The van der Waals surface area contributed by atoms with Gasteiger partial charge >= 0.3 is 0 Å². The molecule has 100 valence electrons. The van der Waals surface area contributed by atoms with E-state index in [1.807, 2.05) is 24.4 Å². The zero-order valence-electron chi connectivity index (χ0n) is 11.6. The lowest BCUT2D eigenvalue weighted by Gasteiger charge is -2.13. The van der Waals surface area contributed by atoms with Gasteiger partial charge in [-0.25, -0.2) is 4.98 Å².